The quantitative estimate of drug-likeness (QED) is 0.473. The molecule has 4 heterocycles. The second kappa shape index (κ2) is 7.27. The summed E-state index contributed by atoms with van der Waals surface area (Å²) in [6, 6.07) is 5.68. The minimum Gasteiger partial charge on any atom is -0.346 e. The molecular formula is C25H25N5O3S. The van der Waals surface area contributed by atoms with Crippen LogP contribution >= 0.6 is 0 Å². The number of nitrogens with zero attached hydrogens (tertiary/aromatic N) is 4. The first-order valence-corrected chi connectivity index (χ1v) is 13.2. The molecule has 1 aliphatic carbocycles. The maximum absolute atomic E-state index is 13.3. The van der Waals surface area contributed by atoms with Crippen LogP contribution in [0.1, 0.15) is 35.7 Å². The molecule has 4 aromatic rings. The van der Waals surface area contributed by atoms with Crippen LogP contribution in [-0.4, -0.2) is 51.3 Å². The molecule has 3 aromatic heterocycles. The first kappa shape index (κ1) is 21.1. The third kappa shape index (κ3) is 3.34. The van der Waals surface area contributed by atoms with E-state index in [1.807, 2.05) is 36.5 Å². The lowest BCUT2D eigenvalue weighted by atomic mass is 10.00. The standard InChI is InChI=1S/C25H25N5O3S/c1-14(15-4-5-15)30-13-18-6-16(8-22(34(3,32)33)23(18)25(30)31)17-7-20-21(11-27-24(20)26-9-17)19-10-28-29(2)12-19/h6-12,14-15H,4-5,13H2,1-3H3,(H,26,27)/t14-/m0/s1. The van der Waals surface area contributed by atoms with Gasteiger partial charge >= 0.3 is 0 Å². The van der Waals surface area contributed by atoms with Gasteiger partial charge in [-0.1, -0.05) is 0 Å². The minimum absolute atomic E-state index is 0.0946. The number of benzene rings is 1. The summed E-state index contributed by atoms with van der Waals surface area (Å²) in [6.45, 7) is 2.50. The Morgan fingerprint density at radius 1 is 1.12 bits per heavy atom. The molecule has 9 heteroatoms. The van der Waals surface area contributed by atoms with E-state index in [2.05, 4.69) is 22.0 Å². The van der Waals surface area contributed by atoms with Crippen LogP contribution in [-0.2, 0) is 23.4 Å². The van der Waals surface area contributed by atoms with Crippen molar-refractivity contribution in [3.05, 3.63) is 54.1 Å². The van der Waals surface area contributed by atoms with E-state index in [0.29, 0.717) is 18.0 Å². The number of nitrogens with one attached hydrogen (secondary N) is 1. The number of fused-ring (bicyclic) bond motifs is 2. The molecule has 1 N–H and O–H groups in total. The molecule has 8 nitrogen and oxygen atoms in total. The minimum atomic E-state index is -3.61. The summed E-state index contributed by atoms with van der Waals surface area (Å²) in [4.78, 5) is 23.0. The molecule has 6 rings (SSSR count). The summed E-state index contributed by atoms with van der Waals surface area (Å²) in [5.41, 5.74) is 5.30. The Labute approximate surface area is 197 Å². The van der Waals surface area contributed by atoms with Crippen molar-refractivity contribution in [2.45, 2.75) is 37.2 Å². The number of amides is 1. The van der Waals surface area contributed by atoms with Gasteiger partial charge in [0.05, 0.1) is 16.7 Å². The monoisotopic (exact) mass is 475 g/mol. The highest BCUT2D eigenvalue weighted by molar-refractivity contribution is 7.90. The number of pyridine rings is 1. The van der Waals surface area contributed by atoms with E-state index in [0.717, 1.165) is 51.7 Å². The predicted octanol–water partition coefficient (Wildman–Crippen LogP) is 3.79. The van der Waals surface area contributed by atoms with Crippen LogP contribution in [0.2, 0.25) is 0 Å². The SMILES string of the molecule is C[C@@H](C1CC1)N1Cc2cc(-c3cnc4[nH]cc(-c5cnn(C)c5)c4c3)cc(S(C)(=O)=O)c2C1=O. The number of hydrogen-bond acceptors (Lipinski definition) is 5. The number of aryl methyl sites for hydroxylation is 1. The average Bonchev–Trinajstić information content (AvgIpc) is 3.29. The van der Waals surface area contributed by atoms with Gasteiger partial charge in [0.1, 0.15) is 5.65 Å². The van der Waals surface area contributed by atoms with E-state index in [1.54, 1.807) is 23.1 Å². The second-order valence-corrected chi connectivity index (χ2v) is 11.5. The van der Waals surface area contributed by atoms with E-state index in [-0.39, 0.29) is 16.8 Å². The Hall–Kier alpha value is -3.46. The highest BCUT2D eigenvalue weighted by Gasteiger charge is 2.40. The van der Waals surface area contributed by atoms with Gasteiger partial charge in [-0.25, -0.2) is 13.4 Å². The molecular weight excluding hydrogens is 450 g/mol. The van der Waals surface area contributed by atoms with Crippen molar-refractivity contribution in [1.82, 2.24) is 24.6 Å². The molecule has 2 aliphatic rings. The van der Waals surface area contributed by atoms with Gasteiger partial charge in [0.15, 0.2) is 9.84 Å². The van der Waals surface area contributed by atoms with Crippen LogP contribution in [0.4, 0.5) is 0 Å². The number of carbonyl (C=O) groups excluding carboxylic acids is 1. The van der Waals surface area contributed by atoms with E-state index >= 15 is 0 Å². The third-order valence-electron chi connectivity index (χ3n) is 7.07. The van der Waals surface area contributed by atoms with Crippen LogP contribution in [0.25, 0.3) is 33.3 Å². The van der Waals surface area contributed by atoms with Gasteiger partial charge < -0.3 is 9.88 Å². The lowest BCUT2D eigenvalue weighted by molar-refractivity contribution is 0.0694. The maximum Gasteiger partial charge on any atom is 0.256 e. The molecule has 0 spiro atoms. The van der Waals surface area contributed by atoms with Crippen molar-refractivity contribution in [3.8, 4) is 22.3 Å². The van der Waals surface area contributed by atoms with Crippen LogP contribution in [0.5, 0.6) is 0 Å². The van der Waals surface area contributed by atoms with Crippen molar-refractivity contribution in [2.75, 3.05) is 6.26 Å². The molecule has 34 heavy (non-hydrogen) atoms. The molecule has 1 aliphatic heterocycles. The molecule has 0 saturated heterocycles. The average molecular weight is 476 g/mol. The lowest BCUT2D eigenvalue weighted by Gasteiger charge is -2.24. The maximum atomic E-state index is 13.3. The summed E-state index contributed by atoms with van der Waals surface area (Å²) in [7, 11) is -1.74. The number of hydrogen-bond donors (Lipinski definition) is 1. The molecule has 1 aromatic carbocycles. The van der Waals surface area contributed by atoms with E-state index in [9.17, 15) is 13.2 Å². The zero-order valence-electron chi connectivity index (χ0n) is 19.2. The number of carbonyl (C=O) groups is 1. The van der Waals surface area contributed by atoms with E-state index in [1.165, 1.54) is 6.26 Å². The Bertz CT molecular complexity index is 1580. The summed E-state index contributed by atoms with van der Waals surface area (Å²) in [5, 5.41) is 5.19. The van der Waals surface area contributed by atoms with Crippen molar-refractivity contribution in [1.29, 1.82) is 0 Å². The predicted molar refractivity (Wildman–Crippen MR) is 129 cm³/mol. The zero-order chi connectivity index (χ0) is 23.8. The second-order valence-electron chi connectivity index (χ2n) is 9.52. The van der Waals surface area contributed by atoms with Gasteiger partial charge in [0.25, 0.3) is 5.91 Å². The first-order valence-electron chi connectivity index (χ1n) is 11.3. The molecule has 0 radical (unpaired) electrons. The smallest absolute Gasteiger partial charge is 0.256 e. The topological polar surface area (TPSA) is 101 Å². The zero-order valence-corrected chi connectivity index (χ0v) is 20.1. The van der Waals surface area contributed by atoms with Gasteiger partial charge in [0, 0.05) is 66.6 Å². The van der Waals surface area contributed by atoms with Crippen molar-refractivity contribution < 1.29 is 13.2 Å². The Kier molecular flexibility index (Phi) is 4.51. The van der Waals surface area contributed by atoms with Gasteiger partial charge in [-0.05, 0) is 55.0 Å². The number of aromatic nitrogens is 4. The van der Waals surface area contributed by atoms with Gasteiger partial charge in [-0.2, -0.15) is 5.10 Å². The number of sulfone groups is 1. The van der Waals surface area contributed by atoms with Crippen LogP contribution in [0.3, 0.4) is 0 Å². The number of H-pyrrole nitrogens is 1. The van der Waals surface area contributed by atoms with Crippen LogP contribution in [0.15, 0.2) is 47.9 Å². The molecule has 174 valence electrons. The first-order chi connectivity index (χ1) is 16.2. The summed E-state index contributed by atoms with van der Waals surface area (Å²) < 4.78 is 27.3. The van der Waals surface area contributed by atoms with Crippen LogP contribution in [0, 0.1) is 5.92 Å². The Morgan fingerprint density at radius 2 is 1.91 bits per heavy atom. The van der Waals surface area contributed by atoms with Crippen molar-refractivity contribution in [2.24, 2.45) is 13.0 Å². The highest BCUT2D eigenvalue weighted by atomic mass is 32.2. The van der Waals surface area contributed by atoms with E-state index in [4.69, 9.17) is 0 Å². The molecule has 1 amide bonds. The Morgan fingerprint density at radius 3 is 2.59 bits per heavy atom. The van der Waals surface area contributed by atoms with Gasteiger partial charge in [-0.3, -0.25) is 9.48 Å². The lowest BCUT2D eigenvalue weighted by Crippen LogP contribution is -2.35. The summed E-state index contributed by atoms with van der Waals surface area (Å²) >= 11 is 0. The fraction of sp³-hybridized carbons (Fsp3) is 0.320. The van der Waals surface area contributed by atoms with E-state index < -0.39 is 9.84 Å². The van der Waals surface area contributed by atoms with Crippen molar-refractivity contribution in [3.63, 3.8) is 0 Å². The fourth-order valence-electron chi connectivity index (χ4n) is 5.02. The van der Waals surface area contributed by atoms with Crippen molar-refractivity contribution >= 4 is 26.8 Å². The van der Waals surface area contributed by atoms with Crippen LogP contribution < -0.4 is 0 Å². The molecule has 1 saturated carbocycles. The summed E-state index contributed by atoms with van der Waals surface area (Å²) in [6.07, 6.45) is 10.8. The number of rotatable bonds is 5. The molecule has 1 fully saturated rings. The molecule has 0 unspecified atom stereocenters. The third-order valence-corrected chi connectivity index (χ3v) is 8.20. The largest absolute Gasteiger partial charge is 0.346 e. The fourth-order valence-corrected chi connectivity index (χ4v) is 5.95. The summed E-state index contributed by atoms with van der Waals surface area (Å²) in [5.74, 6) is 0.324. The normalized spacial score (nSPS) is 16.9. The van der Waals surface area contributed by atoms with Gasteiger partial charge in [0.2, 0.25) is 0 Å². The number of aromatic amines is 1. The molecule has 0 bridgehead atoms. The highest BCUT2D eigenvalue weighted by Crippen LogP contribution is 2.41. The van der Waals surface area contributed by atoms with Gasteiger partial charge in [-0.15, -0.1) is 0 Å². The molecule has 1 atom stereocenters. The Balaban J connectivity index is 1.49.